The van der Waals surface area contributed by atoms with Crippen molar-refractivity contribution in [3.8, 4) is 0 Å². The predicted molar refractivity (Wildman–Crippen MR) is 62.9 cm³/mol. The molecule has 0 radical (unpaired) electrons. The summed E-state index contributed by atoms with van der Waals surface area (Å²) in [6.07, 6.45) is 5.88. The Morgan fingerprint density at radius 1 is 1.31 bits per heavy atom. The van der Waals surface area contributed by atoms with Gasteiger partial charge in [0.25, 0.3) is 5.56 Å². The molecule has 0 aromatic carbocycles. The molecule has 0 unspecified atom stereocenters. The van der Waals surface area contributed by atoms with E-state index in [4.69, 9.17) is 11.6 Å². The van der Waals surface area contributed by atoms with E-state index in [1.54, 1.807) is 0 Å². The summed E-state index contributed by atoms with van der Waals surface area (Å²) in [5, 5.41) is 0.106. The molecule has 1 fully saturated rings. The lowest BCUT2D eigenvalue weighted by Crippen LogP contribution is -2.36. The first-order valence-electron chi connectivity index (χ1n) is 5.66. The molecule has 0 atom stereocenters. The first kappa shape index (κ1) is 11.5. The van der Waals surface area contributed by atoms with Crippen molar-refractivity contribution in [1.82, 2.24) is 9.55 Å². The number of H-pyrrole nitrogens is 1. The first-order valence-corrected chi connectivity index (χ1v) is 6.04. The topological polar surface area (TPSA) is 54.9 Å². The van der Waals surface area contributed by atoms with Gasteiger partial charge in [0.05, 0.1) is 0 Å². The zero-order valence-electron chi connectivity index (χ0n) is 9.04. The van der Waals surface area contributed by atoms with Crippen molar-refractivity contribution in [3.63, 3.8) is 0 Å². The number of nitrogens with one attached hydrogen (secondary N) is 1. The third-order valence-electron chi connectivity index (χ3n) is 3.15. The van der Waals surface area contributed by atoms with Crippen LogP contribution in [0.3, 0.4) is 0 Å². The van der Waals surface area contributed by atoms with Crippen LogP contribution in [-0.4, -0.2) is 9.55 Å². The average Bonchev–Trinajstić information content (AvgIpc) is 2.25. The largest absolute Gasteiger partial charge is 0.329 e. The fraction of sp³-hybridized carbons (Fsp3) is 0.636. The third kappa shape index (κ3) is 2.55. The van der Waals surface area contributed by atoms with Crippen LogP contribution in [0.4, 0.5) is 0 Å². The summed E-state index contributed by atoms with van der Waals surface area (Å²) in [5.74, 6) is 0.453. The summed E-state index contributed by atoms with van der Waals surface area (Å²) in [6, 6.07) is 1.26. The average molecular weight is 243 g/mol. The molecule has 1 N–H and O–H groups in total. The molecule has 0 spiro atoms. The number of aromatic amines is 1. The molecule has 0 aliphatic heterocycles. The van der Waals surface area contributed by atoms with Gasteiger partial charge < -0.3 is 0 Å². The molecule has 4 nitrogen and oxygen atoms in total. The van der Waals surface area contributed by atoms with Gasteiger partial charge in [-0.1, -0.05) is 30.9 Å². The van der Waals surface area contributed by atoms with E-state index in [9.17, 15) is 9.59 Å². The lowest BCUT2D eigenvalue weighted by molar-refractivity contribution is 0.311. The van der Waals surface area contributed by atoms with E-state index in [-0.39, 0.29) is 10.7 Å². The molecule has 1 aromatic heterocycles. The fourth-order valence-corrected chi connectivity index (χ4v) is 2.47. The van der Waals surface area contributed by atoms with Gasteiger partial charge in [-0.05, 0) is 18.8 Å². The van der Waals surface area contributed by atoms with Crippen molar-refractivity contribution in [1.29, 1.82) is 0 Å². The molecule has 1 heterocycles. The highest BCUT2D eigenvalue weighted by atomic mass is 35.5. The summed E-state index contributed by atoms with van der Waals surface area (Å²) in [6.45, 7) is 0.519. The molecule has 0 amide bonds. The van der Waals surface area contributed by atoms with Crippen LogP contribution in [0.5, 0.6) is 0 Å². The first-order chi connectivity index (χ1) is 7.66. The number of aromatic nitrogens is 2. The molecule has 1 aromatic rings. The highest BCUT2D eigenvalue weighted by Crippen LogP contribution is 2.24. The van der Waals surface area contributed by atoms with Gasteiger partial charge in [-0.2, -0.15) is 0 Å². The maximum Gasteiger partial charge on any atom is 0.329 e. The molecule has 0 bridgehead atoms. The lowest BCUT2D eigenvalue weighted by Gasteiger charge is -2.21. The van der Waals surface area contributed by atoms with Crippen molar-refractivity contribution in [2.45, 2.75) is 38.6 Å². The van der Waals surface area contributed by atoms with E-state index in [0.717, 1.165) is 12.8 Å². The maximum absolute atomic E-state index is 11.6. The van der Waals surface area contributed by atoms with Crippen LogP contribution in [0.1, 0.15) is 32.1 Å². The van der Waals surface area contributed by atoms with Crippen LogP contribution in [0.2, 0.25) is 5.15 Å². The molecular weight excluding hydrogens is 228 g/mol. The molecule has 5 heteroatoms. The van der Waals surface area contributed by atoms with E-state index in [1.807, 2.05) is 0 Å². The quantitative estimate of drug-likeness (QED) is 0.804. The van der Waals surface area contributed by atoms with E-state index in [1.165, 1.54) is 29.9 Å². The van der Waals surface area contributed by atoms with E-state index >= 15 is 0 Å². The molecule has 0 saturated heterocycles. The normalized spacial score (nSPS) is 17.6. The van der Waals surface area contributed by atoms with Gasteiger partial charge in [-0.3, -0.25) is 14.3 Å². The zero-order valence-corrected chi connectivity index (χ0v) is 9.79. The summed E-state index contributed by atoms with van der Waals surface area (Å²) in [5.41, 5.74) is -0.706. The van der Waals surface area contributed by atoms with Gasteiger partial charge >= 0.3 is 5.69 Å². The highest BCUT2D eigenvalue weighted by Gasteiger charge is 2.15. The highest BCUT2D eigenvalue weighted by molar-refractivity contribution is 6.29. The van der Waals surface area contributed by atoms with Crippen LogP contribution in [-0.2, 0) is 6.54 Å². The molecule has 1 saturated carbocycles. The standard InChI is InChI=1S/C11H15ClN2O2/c12-9-6-10(15)14(11(16)13-9)7-8-4-2-1-3-5-8/h6,8H,1-5,7H2,(H,13,16). The fourth-order valence-electron chi connectivity index (χ4n) is 2.29. The molecule has 1 aliphatic carbocycles. The monoisotopic (exact) mass is 242 g/mol. The van der Waals surface area contributed by atoms with Crippen molar-refractivity contribution in [3.05, 3.63) is 32.1 Å². The van der Waals surface area contributed by atoms with Gasteiger partial charge in [0.15, 0.2) is 0 Å². The van der Waals surface area contributed by atoms with Crippen LogP contribution >= 0.6 is 11.6 Å². The van der Waals surface area contributed by atoms with E-state index in [2.05, 4.69) is 4.98 Å². The number of hydrogen-bond acceptors (Lipinski definition) is 2. The van der Waals surface area contributed by atoms with Crippen LogP contribution in [0, 0.1) is 5.92 Å². The Morgan fingerprint density at radius 2 is 2.00 bits per heavy atom. The molecule has 88 valence electrons. The second kappa shape index (κ2) is 4.87. The maximum atomic E-state index is 11.6. The van der Waals surface area contributed by atoms with Gasteiger partial charge in [0.1, 0.15) is 5.15 Å². The summed E-state index contributed by atoms with van der Waals surface area (Å²) in [4.78, 5) is 25.6. The van der Waals surface area contributed by atoms with E-state index < -0.39 is 5.69 Å². The van der Waals surface area contributed by atoms with Crippen LogP contribution in [0.15, 0.2) is 15.7 Å². The number of hydrogen-bond donors (Lipinski definition) is 1. The van der Waals surface area contributed by atoms with Gasteiger partial charge in [0.2, 0.25) is 0 Å². The molecule has 2 rings (SSSR count). The van der Waals surface area contributed by atoms with Crippen LogP contribution < -0.4 is 11.2 Å². The summed E-state index contributed by atoms with van der Waals surface area (Å²) >= 11 is 5.60. The smallest absolute Gasteiger partial charge is 0.298 e. The van der Waals surface area contributed by atoms with Crippen molar-refractivity contribution in [2.75, 3.05) is 0 Å². The van der Waals surface area contributed by atoms with Gasteiger partial charge in [0, 0.05) is 12.6 Å². The number of nitrogens with zero attached hydrogens (tertiary/aromatic N) is 1. The third-order valence-corrected chi connectivity index (χ3v) is 3.36. The Hall–Kier alpha value is -1.03. The van der Waals surface area contributed by atoms with Crippen molar-refractivity contribution < 1.29 is 0 Å². The Morgan fingerprint density at radius 3 is 2.62 bits per heavy atom. The Kier molecular flexibility index (Phi) is 3.49. The summed E-state index contributed by atoms with van der Waals surface area (Å²) < 4.78 is 1.25. The lowest BCUT2D eigenvalue weighted by atomic mass is 9.89. The Bertz CT molecular complexity index is 440. The Balaban J connectivity index is 2.20. The Labute approximate surface area is 98.3 Å². The van der Waals surface area contributed by atoms with Gasteiger partial charge in [-0.25, -0.2) is 4.79 Å². The van der Waals surface area contributed by atoms with Gasteiger partial charge in [-0.15, -0.1) is 0 Å². The predicted octanol–water partition coefficient (Wildman–Crippen LogP) is 1.77. The van der Waals surface area contributed by atoms with Crippen LogP contribution in [0.25, 0.3) is 0 Å². The molecule has 1 aliphatic rings. The minimum atomic E-state index is -0.400. The molecule has 16 heavy (non-hydrogen) atoms. The summed E-state index contributed by atoms with van der Waals surface area (Å²) in [7, 11) is 0. The minimum Gasteiger partial charge on any atom is -0.298 e. The second-order valence-corrected chi connectivity index (χ2v) is 4.78. The van der Waals surface area contributed by atoms with Crippen molar-refractivity contribution in [2.24, 2.45) is 5.92 Å². The second-order valence-electron chi connectivity index (χ2n) is 4.38. The minimum absolute atomic E-state index is 0.106. The zero-order chi connectivity index (χ0) is 11.5. The number of halogens is 1. The van der Waals surface area contributed by atoms with E-state index in [0.29, 0.717) is 12.5 Å². The van der Waals surface area contributed by atoms with Crippen molar-refractivity contribution >= 4 is 11.6 Å². The molecular formula is C11H15ClN2O2. The number of rotatable bonds is 2. The SMILES string of the molecule is O=c1cc(Cl)[nH]c(=O)n1CC1CCCCC1.